The van der Waals surface area contributed by atoms with Crippen LogP contribution in [0.1, 0.15) is 0 Å². The summed E-state index contributed by atoms with van der Waals surface area (Å²) in [6, 6.07) is 0. The lowest BCUT2D eigenvalue weighted by atomic mass is 10.5. The number of nitrogens with zero attached hydrogens (tertiary/aromatic N) is 2. The van der Waals surface area contributed by atoms with Gasteiger partial charge in [0.1, 0.15) is 10.5 Å². The summed E-state index contributed by atoms with van der Waals surface area (Å²) in [5.74, 6) is 0. The van der Waals surface area contributed by atoms with E-state index in [4.69, 9.17) is 0 Å². The number of hydrogen-bond donors (Lipinski definition) is 2. The zero-order valence-electron chi connectivity index (χ0n) is 6.29. The fourth-order valence-electron chi connectivity index (χ4n) is 0.988. The predicted octanol–water partition coefficient (Wildman–Crippen LogP) is 0.368. The van der Waals surface area contributed by atoms with E-state index in [0.29, 0.717) is 11.0 Å². The highest BCUT2D eigenvalue weighted by molar-refractivity contribution is 7.98. The van der Waals surface area contributed by atoms with E-state index in [9.17, 15) is 4.79 Å². The van der Waals surface area contributed by atoms with E-state index in [0.717, 1.165) is 5.03 Å². The van der Waals surface area contributed by atoms with Gasteiger partial charge in [-0.15, -0.1) is 11.8 Å². The smallest absolute Gasteiger partial charge is 0.292 e. The van der Waals surface area contributed by atoms with Crippen molar-refractivity contribution in [3.63, 3.8) is 0 Å². The third-order valence-electron chi connectivity index (χ3n) is 1.52. The van der Waals surface area contributed by atoms with Crippen LogP contribution in [-0.2, 0) is 0 Å². The monoisotopic (exact) mass is 182 g/mol. The largest absolute Gasteiger partial charge is 0.342 e. The van der Waals surface area contributed by atoms with E-state index in [1.807, 2.05) is 6.26 Å². The predicted molar refractivity (Wildman–Crippen MR) is 46.3 cm³/mol. The van der Waals surface area contributed by atoms with E-state index in [1.165, 1.54) is 18.1 Å². The number of hydrogen-bond acceptors (Lipinski definition) is 4. The first-order valence-corrected chi connectivity index (χ1v) is 4.51. The number of aromatic nitrogens is 4. The van der Waals surface area contributed by atoms with Gasteiger partial charge in [-0.1, -0.05) is 0 Å². The fourth-order valence-corrected chi connectivity index (χ4v) is 1.48. The van der Waals surface area contributed by atoms with Crippen LogP contribution in [0.25, 0.3) is 11.0 Å². The maximum Gasteiger partial charge on any atom is 0.292 e. The average molecular weight is 182 g/mol. The van der Waals surface area contributed by atoms with Crippen molar-refractivity contribution in [1.82, 2.24) is 20.2 Å². The van der Waals surface area contributed by atoms with Crippen LogP contribution in [0.15, 0.2) is 16.1 Å². The van der Waals surface area contributed by atoms with E-state index in [-0.39, 0.29) is 5.56 Å². The normalized spacial score (nSPS) is 10.8. The Morgan fingerprint density at radius 2 is 2.42 bits per heavy atom. The van der Waals surface area contributed by atoms with Crippen molar-refractivity contribution >= 4 is 22.8 Å². The Morgan fingerprint density at radius 3 is 3.17 bits per heavy atom. The molecule has 6 heteroatoms. The fraction of sp³-hybridized carbons (Fsp3) is 0.167. The first-order chi connectivity index (χ1) is 5.83. The molecule has 0 unspecified atom stereocenters. The van der Waals surface area contributed by atoms with Crippen LogP contribution in [0.5, 0.6) is 0 Å². The molecule has 0 saturated carbocycles. The highest BCUT2D eigenvalue weighted by atomic mass is 32.2. The number of thioether (sulfide) groups is 1. The molecule has 0 spiro atoms. The quantitative estimate of drug-likeness (QED) is 0.625. The van der Waals surface area contributed by atoms with Crippen molar-refractivity contribution in [2.45, 2.75) is 5.03 Å². The van der Waals surface area contributed by atoms with Gasteiger partial charge in [0.25, 0.3) is 5.56 Å². The summed E-state index contributed by atoms with van der Waals surface area (Å²) in [6.45, 7) is 0. The summed E-state index contributed by atoms with van der Waals surface area (Å²) in [4.78, 5) is 17.8. The Kier molecular flexibility index (Phi) is 1.61. The lowest BCUT2D eigenvalue weighted by Gasteiger charge is -1.93. The lowest BCUT2D eigenvalue weighted by Crippen LogP contribution is -2.08. The second kappa shape index (κ2) is 2.63. The molecule has 0 aliphatic heterocycles. The van der Waals surface area contributed by atoms with E-state index < -0.39 is 0 Å². The number of aromatic amines is 2. The Balaban J connectivity index is 2.92. The van der Waals surface area contributed by atoms with Crippen LogP contribution in [0.2, 0.25) is 0 Å². The van der Waals surface area contributed by atoms with Crippen molar-refractivity contribution in [3.8, 4) is 0 Å². The van der Waals surface area contributed by atoms with Crippen LogP contribution in [0.4, 0.5) is 0 Å². The second-order valence-corrected chi connectivity index (χ2v) is 2.98. The Bertz CT molecular complexity index is 460. The van der Waals surface area contributed by atoms with Gasteiger partial charge in [0.2, 0.25) is 0 Å². The minimum Gasteiger partial charge on any atom is -0.342 e. The third-order valence-corrected chi connectivity index (χ3v) is 2.20. The van der Waals surface area contributed by atoms with Crippen molar-refractivity contribution in [3.05, 3.63) is 16.7 Å². The molecular formula is C6H6N4OS. The molecule has 2 heterocycles. The minimum absolute atomic E-state index is 0.260. The van der Waals surface area contributed by atoms with Crippen molar-refractivity contribution in [1.29, 1.82) is 0 Å². The summed E-state index contributed by atoms with van der Waals surface area (Å²) in [5.41, 5.74) is 0.852. The first kappa shape index (κ1) is 7.35. The molecule has 2 aromatic rings. The number of rotatable bonds is 1. The topological polar surface area (TPSA) is 74.4 Å². The molecule has 5 nitrogen and oxygen atoms in total. The van der Waals surface area contributed by atoms with E-state index in [2.05, 4.69) is 20.2 Å². The highest BCUT2D eigenvalue weighted by Gasteiger charge is 2.06. The van der Waals surface area contributed by atoms with Crippen LogP contribution in [0, 0.1) is 0 Å². The Hall–Kier alpha value is -1.30. The molecular weight excluding hydrogens is 176 g/mol. The minimum atomic E-state index is -0.260. The number of fused-ring (bicyclic) bond motifs is 1. The first-order valence-electron chi connectivity index (χ1n) is 3.28. The summed E-state index contributed by atoms with van der Waals surface area (Å²) >= 11 is 1.46. The molecule has 62 valence electrons. The number of imidazole rings is 1. The molecule has 0 atom stereocenters. The maximum absolute atomic E-state index is 11.1. The molecule has 0 aromatic carbocycles. The van der Waals surface area contributed by atoms with Gasteiger partial charge in [0.05, 0.1) is 6.33 Å². The molecule has 0 bridgehead atoms. The third kappa shape index (κ3) is 0.918. The molecule has 0 aliphatic rings. The molecule has 12 heavy (non-hydrogen) atoms. The summed E-state index contributed by atoms with van der Waals surface area (Å²) in [7, 11) is 0. The van der Waals surface area contributed by atoms with Gasteiger partial charge < -0.3 is 4.98 Å². The van der Waals surface area contributed by atoms with Crippen LogP contribution < -0.4 is 5.56 Å². The lowest BCUT2D eigenvalue weighted by molar-refractivity contribution is 0.922. The van der Waals surface area contributed by atoms with Crippen molar-refractivity contribution < 1.29 is 0 Å². The molecule has 0 amide bonds. The van der Waals surface area contributed by atoms with Gasteiger partial charge in [0, 0.05) is 0 Å². The highest BCUT2D eigenvalue weighted by Crippen LogP contribution is 2.16. The number of nitrogens with one attached hydrogen (secondary N) is 2. The number of H-pyrrole nitrogens is 2. The van der Waals surface area contributed by atoms with E-state index in [1.54, 1.807) is 0 Å². The van der Waals surface area contributed by atoms with Gasteiger partial charge in [-0.25, -0.2) is 10.1 Å². The van der Waals surface area contributed by atoms with Gasteiger partial charge in [-0.2, -0.15) is 5.10 Å². The van der Waals surface area contributed by atoms with Crippen molar-refractivity contribution in [2.75, 3.05) is 6.26 Å². The molecule has 0 fully saturated rings. The van der Waals surface area contributed by atoms with Gasteiger partial charge >= 0.3 is 0 Å². The molecule has 2 rings (SSSR count). The molecule has 0 aliphatic carbocycles. The zero-order chi connectivity index (χ0) is 8.55. The van der Waals surface area contributed by atoms with Crippen LogP contribution >= 0.6 is 11.8 Å². The van der Waals surface area contributed by atoms with Crippen LogP contribution in [0.3, 0.4) is 0 Å². The molecule has 2 aromatic heterocycles. The zero-order valence-corrected chi connectivity index (χ0v) is 7.10. The standard InChI is InChI=1S/C6H6N4OS/c1-12-6-4-3(7-2-8-4)5(11)9-10-6/h2H,1H3,(H,7,8)(H,9,11). The summed E-state index contributed by atoms with van der Waals surface area (Å²) in [5, 5.41) is 6.97. The molecule has 0 saturated heterocycles. The second-order valence-electron chi connectivity index (χ2n) is 2.19. The van der Waals surface area contributed by atoms with Gasteiger partial charge in [0.15, 0.2) is 5.52 Å². The van der Waals surface area contributed by atoms with E-state index >= 15 is 0 Å². The van der Waals surface area contributed by atoms with Crippen LogP contribution in [-0.4, -0.2) is 26.4 Å². The summed E-state index contributed by atoms with van der Waals surface area (Å²) in [6.07, 6.45) is 3.38. The summed E-state index contributed by atoms with van der Waals surface area (Å²) < 4.78 is 0. The maximum atomic E-state index is 11.1. The van der Waals surface area contributed by atoms with Gasteiger partial charge in [-0.05, 0) is 6.26 Å². The Morgan fingerprint density at radius 1 is 1.58 bits per heavy atom. The van der Waals surface area contributed by atoms with Gasteiger partial charge in [-0.3, -0.25) is 4.79 Å². The van der Waals surface area contributed by atoms with Crippen molar-refractivity contribution in [2.24, 2.45) is 0 Å². The molecule has 2 N–H and O–H groups in total. The Labute approximate surface area is 71.6 Å². The SMILES string of the molecule is CSc1n[nH]c(=O)c2nc[nH]c12. The average Bonchev–Trinajstić information content (AvgIpc) is 2.54. The molecule has 0 radical (unpaired) electrons.